The van der Waals surface area contributed by atoms with Gasteiger partial charge in [-0.25, -0.2) is 22.4 Å². The van der Waals surface area contributed by atoms with Crippen LogP contribution in [0.2, 0.25) is 0 Å². The molecule has 0 spiro atoms. The van der Waals surface area contributed by atoms with E-state index in [1.807, 2.05) is 54.8 Å². The van der Waals surface area contributed by atoms with E-state index >= 15 is 0 Å². The van der Waals surface area contributed by atoms with Crippen molar-refractivity contribution in [2.75, 3.05) is 26.0 Å². The van der Waals surface area contributed by atoms with E-state index in [-0.39, 0.29) is 17.4 Å². The third-order valence-corrected chi connectivity index (χ3v) is 9.29. The van der Waals surface area contributed by atoms with Crippen LogP contribution >= 0.6 is 11.3 Å². The van der Waals surface area contributed by atoms with Gasteiger partial charge in [-0.1, -0.05) is 24.3 Å². The molecule has 5 aromatic rings. The molecule has 1 aliphatic heterocycles. The zero-order valence-electron chi connectivity index (χ0n) is 22.5. The van der Waals surface area contributed by atoms with Crippen molar-refractivity contribution in [3.8, 4) is 17.0 Å². The highest BCUT2D eigenvalue weighted by molar-refractivity contribution is 7.89. The molecule has 12 heteroatoms. The predicted octanol–water partition coefficient (Wildman–Crippen LogP) is 4.70. The third-order valence-electron chi connectivity index (χ3n) is 6.66. The number of H-pyrrole nitrogens is 1. The van der Waals surface area contributed by atoms with Gasteiger partial charge >= 0.3 is 0 Å². The van der Waals surface area contributed by atoms with Crippen molar-refractivity contribution in [1.82, 2.24) is 14.0 Å². The summed E-state index contributed by atoms with van der Waals surface area (Å²) in [6.07, 6.45) is 1.79. The lowest BCUT2D eigenvalue weighted by Gasteiger charge is -2.18. The van der Waals surface area contributed by atoms with Crippen molar-refractivity contribution in [2.45, 2.75) is 11.8 Å². The van der Waals surface area contributed by atoms with Crippen molar-refractivity contribution in [3.05, 3.63) is 88.2 Å². The molecule has 0 bridgehead atoms. The van der Waals surface area contributed by atoms with Crippen LogP contribution in [0.4, 0.5) is 11.4 Å². The number of nitrogens with one attached hydrogen (secondary N) is 2. The maximum absolute atomic E-state index is 12.7. The first-order valence-electron chi connectivity index (χ1n) is 12.7. The van der Waals surface area contributed by atoms with E-state index in [4.69, 9.17) is 14.8 Å². The second kappa shape index (κ2) is 10.5. The molecule has 6 rings (SSSR count). The zero-order chi connectivity index (χ0) is 28.7. The van der Waals surface area contributed by atoms with Crippen molar-refractivity contribution in [2.24, 2.45) is 10.1 Å². The summed E-state index contributed by atoms with van der Waals surface area (Å²) in [5, 5.41) is 10.7. The molecule has 0 saturated carbocycles. The average Bonchev–Trinajstić information content (AvgIpc) is 3.50. The van der Waals surface area contributed by atoms with Crippen LogP contribution < -0.4 is 14.9 Å². The molecule has 1 aliphatic rings. The molecule has 0 saturated heterocycles. The van der Waals surface area contributed by atoms with Gasteiger partial charge in [0.05, 0.1) is 28.2 Å². The molecule has 10 nitrogen and oxygen atoms in total. The highest BCUT2D eigenvalue weighted by Crippen LogP contribution is 2.33. The van der Waals surface area contributed by atoms with Crippen LogP contribution in [0, 0.1) is 6.92 Å². The topological polar surface area (TPSA) is 121 Å². The number of sulfonamides is 1. The third kappa shape index (κ3) is 5.08. The van der Waals surface area contributed by atoms with Crippen LogP contribution in [0.3, 0.4) is 0 Å². The number of hydrogen-bond acceptors (Lipinski definition) is 7. The van der Waals surface area contributed by atoms with Gasteiger partial charge in [0, 0.05) is 47.2 Å². The molecule has 0 atom stereocenters. The minimum absolute atomic E-state index is 0.0231. The number of ether oxygens (including phenoxy) is 1. The number of benzene rings is 3. The minimum Gasteiger partial charge on any atom is -0.482 e. The molecule has 0 aliphatic carbocycles. The highest BCUT2D eigenvalue weighted by Gasteiger charge is 2.19. The number of nitrogens with zero attached hydrogens (tertiary/aromatic N) is 4. The summed E-state index contributed by atoms with van der Waals surface area (Å²) in [4.78, 5) is 20.8. The normalized spacial score (nSPS) is 14.0. The number of fused-ring (bicyclic) bond motifs is 2. The van der Waals surface area contributed by atoms with Crippen LogP contribution in [0.1, 0.15) is 11.3 Å². The first-order valence-corrected chi connectivity index (χ1v) is 15.0. The lowest BCUT2D eigenvalue weighted by molar-refractivity contribution is -0.118. The predicted molar refractivity (Wildman–Crippen MR) is 160 cm³/mol. The number of amides is 1. The summed E-state index contributed by atoms with van der Waals surface area (Å²) in [6, 6.07) is 20.1. The van der Waals surface area contributed by atoms with E-state index in [1.54, 1.807) is 35.2 Å². The van der Waals surface area contributed by atoms with Crippen molar-refractivity contribution >= 4 is 55.8 Å². The molecule has 2 N–H and O–H groups in total. The number of carbonyl (C=O) groups is 1. The fraction of sp³-hybridized carbons (Fsp3) is 0.138. The molecular formula is C29H26N6O4S2. The number of aryl methyl sites for hydroxylation is 1. The number of para-hydroxylation sites is 1. The van der Waals surface area contributed by atoms with Gasteiger partial charge in [-0.3, -0.25) is 4.79 Å². The Balaban J connectivity index is 1.51. The number of aromatic amines is 1. The Morgan fingerprint density at radius 1 is 1.07 bits per heavy atom. The maximum Gasteiger partial charge on any atom is 0.262 e. The molecule has 3 aromatic carbocycles. The lowest BCUT2D eigenvalue weighted by Crippen LogP contribution is -2.25. The van der Waals surface area contributed by atoms with E-state index < -0.39 is 10.0 Å². The first kappa shape index (κ1) is 26.7. The van der Waals surface area contributed by atoms with E-state index in [0.717, 1.165) is 33.4 Å². The fourth-order valence-electron chi connectivity index (χ4n) is 4.54. The van der Waals surface area contributed by atoms with Gasteiger partial charge in [-0.15, -0.1) is 11.3 Å². The van der Waals surface area contributed by atoms with Crippen LogP contribution in [0.15, 0.2) is 87.1 Å². The van der Waals surface area contributed by atoms with Crippen LogP contribution in [0.25, 0.3) is 22.2 Å². The smallest absolute Gasteiger partial charge is 0.262 e. The minimum atomic E-state index is -3.63. The molecule has 208 valence electrons. The number of hydrogen-bond donors (Lipinski definition) is 2. The van der Waals surface area contributed by atoms with Gasteiger partial charge in [0.1, 0.15) is 5.75 Å². The summed E-state index contributed by atoms with van der Waals surface area (Å²) in [5.74, 6) is 0.376. The van der Waals surface area contributed by atoms with Crippen LogP contribution in [-0.4, -0.2) is 55.2 Å². The molecule has 0 unspecified atom stereocenters. The standard InChI is InChI=1S/C29H26N6O4S2/c1-18-23(22-9-4-5-10-24(22)31-18)15-30-35-26(19-11-12-27-25(13-19)33-28(36)16-39-27)17-40-29(35)32-20-7-6-8-21(14-20)41(37,38)34(2)3/h4-15,17,31H,16H2,1-3H3,(H,33,36)/b30-15+,32-29?. The zero-order valence-corrected chi connectivity index (χ0v) is 24.1. The first-order chi connectivity index (χ1) is 19.7. The second-order valence-corrected chi connectivity index (χ2v) is 12.6. The van der Waals surface area contributed by atoms with E-state index in [2.05, 4.69) is 10.3 Å². The van der Waals surface area contributed by atoms with Crippen LogP contribution in [-0.2, 0) is 14.8 Å². The largest absolute Gasteiger partial charge is 0.482 e. The molecule has 3 heterocycles. The Bertz CT molecular complexity index is 2020. The number of aromatic nitrogens is 2. The van der Waals surface area contributed by atoms with Crippen LogP contribution in [0.5, 0.6) is 5.75 Å². The average molecular weight is 587 g/mol. The quantitative estimate of drug-likeness (QED) is 0.280. The molecule has 0 radical (unpaired) electrons. The lowest BCUT2D eigenvalue weighted by atomic mass is 10.1. The monoisotopic (exact) mass is 586 g/mol. The number of anilines is 1. The highest BCUT2D eigenvalue weighted by atomic mass is 32.2. The van der Waals surface area contributed by atoms with Gasteiger partial charge in [0.15, 0.2) is 6.61 Å². The Morgan fingerprint density at radius 3 is 2.73 bits per heavy atom. The van der Waals surface area contributed by atoms with Gasteiger partial charge < -0.3 is 15.0 Å². The Labute approximate surface area is 240 Å². The SMILES string of the molecule is Cc1[nH]c2ccccc2c1/C=N/n1c(-c2ccc3c(c2)NC(=O)CO3)csc1=Nc1cccc(S(=O)(=O)N(C)C)c1. The number of thiazole rings is 1. The molecule has 0 fully saturated rings. The Morgan fingerprint density at radius 2 is 1.90 bits per heavy atom. The van der Waals surface area contributed by atoms with Gasteiger partial charge in [0.25, 0.3) is 5.91 Å². The van der Waals surface area contributed by atoms with Gasteiger partial charge in [0.2, 0.25) is 14.8 Å². The summed E-state index contributed by atoms with van der Waals surface area (Å²) < 4.78 is 33.9. The van der Waals surface area contributed by atoms with Gasteiger partial charge in [-0.2, -0.15) is 5.10 Å². The maximum atomic E-state index is 12.7. The fourth-order valence-corrected chi connectivity index (χ4v) is 6.34. The molecular weight excluding hydrogens is 560 g/mol. The van der Waals surface area contributed by atoms with Crippen molar-refractivity contribution in [3.63, 3.8) is 0 Å². The number of rotatable bonds is 6. The Hall–Kier alpha value is -4.52. The van der Waals surface area contributed by atoms with Crippen molar-refractivity contribution in [1.29, 1.82) is 0 Å². The Kier molecular flexibility index (Phi) is 6.81. The molecule has 41 heavy (non-hydrogen) atoms. The van der Waals surface area contributed by atoms with E-state index in [1.165, 1.54) is 29.7 Å². The van der Waals surface area contributed by atoms with Gasteiger partial charge in [-0.05, 0) is 49.4 Å². The number of carbonyl (C=O) groups excluding carboxylic acids is 1. The summed E-state index contributed by atoms with van der Waals surface area (Å²) in [7, 11) is -0.643. The molecule has 2 aromatic heterocycles. The van der Waals surface area contributed by atoms with Crippen molar-refractivity contribution < 1.29 is 17.9 Å². The second-order valence-electron chi connectivity index (χ2n) is 9.61. The summed E-state index contributed by atoms with van der Waals surface area (Å²) in [6.45, 7) is 1.97. The van der Waals surface area contributed by atoms with E-state index in [0.29, 0.717) is 21.9 Å². The summed E-state index contributed by atoms with van der Waals surface area (Å²) >= 11 is 1.36. The van der Waals surface area contributed by atoms with E-state index in [9.17, 15) is 13.2 Å². The summed E-state index contributed by atoms with van der Waals surface area (Å²) in [5.41, 5.74) is 5.51. The molecule has 1 amide bonds.